The van der Waals surface area contributed by atoms with E-state index in [1.54, 1.807) is 0 Å². The predicted molar refractivity (Wildman–Crippen MR) is 92.0 cm³/mol. The van der Waals surface area contributed by atoms with Crippen LogP contribution in [0.5, 0.6) is 0 Å². The first kappa shape index (κ1) is 16.5. The molecule has 1 heterocycles. The van der Waals surface area contributed by atoms with Gasteiger partial charge in [-0.15, -0.1) is 0 Å². The highest BCUT2D eigenvalue weighted by Crippen LogP contribution is 2.27. The molecule has 1 amide bonds. The van der Waals surface area contributed by atoms with E-state index >= 15 is 0 Å². The molecule has 0 aromatic heterocycles. The van der Waals surface area contributed by atoms with Crippen LogP contribution in [0.25, 0.3) is 0 Å². The fourth-order valence-corrected chi connectivity index (χ4v) is 3.93. The van der Waals surface area contributed by atoms with Crippen LogP contribution in [0.1, 0.15) is 50.5 Å². The van der Waals surface area contributed by atoms with Crippen LogP contribution in [-0.2, 0) is 16.1 Å². The summed E-state index contributed by atoms with van der Waals surface area (Å²) in [4.78, 5) is 14.8. The summed E-state index contributed by atoms with van der Waals surface area (Å²) in [6, 6.07) is 10.3. The van der Waals surface area contributed by atoms with Crippen LogP contribution >= 0.6 is 0 Å². The molecule has 0 radical (unpaired) electrons. The van der Waals surface area contributed by atoms with Gasteiger partial charge in [-0.05, 0) is 37.2 Å². The van der Waals surface area contributed by atoms with Gasteiger partial charge in [0.2, 0.25) is 5.91 Å². The van der Waals surface area contributed by atoms with E-state index in [1.807, 2.05) is 18.2 Å². The molecule has 1 saturated carbocycles. The summed E-state index contributed by atoms with van der Waals surface area (Å²) in [5.41, 5.74) is 1.22. The van der Waals surface area contributed by atoms with Gasteiger partial charge in [-0.2, -0.15) is 0 Å². The number of hydrogen-bond acceptors (Lipinski definition) is 2. The Bertz CT molecular complexity index is 482. The van der Waals surface area contributed by atoms with E-state index in [9.17, 15) is 4.79 Å². The van der Waals surface area contributed by atoms with Gasteiger partial charge in [0.05, 0.1) is 13.2 Å². The second-order valence-electron chi connectivity index (χ2n) is 7.13. The Balaban J connectivity index is 1.43. The molecule has 1 unspecified atom stereocenters. The fourth-order valence-electron chi connectivity index (χ4n) is 3.93. The molecule has 1 atom stereocenters. The minimum Gasteiger partial charge on any atom is -0.376 e. The second kappa shape index (κ2) is 8.49. The van der Waals surface area contributed by atoms with Crippen LogP contribution in [0.15, 0.2) is 30.3 Å². The molecule has 0 N–H and O–H groups in total. The molecule has 0 bridgehead atoms. The molecule has 2 aliphatic rings. The van der Waals surface area contributed by atoms with Crippen molar-refractivity contribution in [2.75, 3.05) is 19.7 Å². The molecule has 3 rings (SSSR count). The van der Waals surface area contributed by atoms with Crippen molar-refractivity contribution < 1.29 is 9.53 Å². The molecule has 0 spiro atoms. The zero-order valence-corrected chi connectivity index (χ0v) is 14.1. The maximum Gasteiger partial charge on any atom is 0.225 e. The Morgan fingerprint density at radius 3 is 2.61 bits per heavy atom. The van der Waals surface area contributed by atoms with E-state index in [4.69, 9.17) is 4.74 Å². The molecule has 1 aliphatic heterocycles. The first-order chi connectivity index (χ1) is 11.3. The standard InChI is InChI=1S/C20H29NO2/c22-20(19-11-5-2-6-12-19)21-13-7-10-18(14-21)16-23-15-17-8-3-1-4-9-17/h1,3-4,8-9,18-19H,2,5-7,10-16H2. The number of ether oxygens (including phenoxy) is 1. The molecule has 3 nitrogen and oxygen atoms in total. The van der Waals surface area contributed by atoms with Gasteiger partial charge >= 0.3 is 0 Å². The van der Waals surface area contributed by atoms with Crippen molar-refractivity contribution in [2.24, 2.45) is 11.8 Å². The topological polar surface area (TPSA) is 29.5 Å². The SMILES string of the molecule is O=C(C1CCCCC1)N1CCCC(COCc2ccccc2)C1. The van der Waals surface area contributed by atoms with Gasteiger partial charge in [0.25, 0.3) is 0 Å². The molecular formula is C20H29NO2. The second-order valence-corrected chi connectivity index (χ2v) is 7.13. The van der Waals surface area contributed by atoms with Crippen LogP contribution in [0.2, 0.25) is 0 Å². The zero-order valence-electron chi connectivity index (χ0n) is 14.1. The Hall–Kier alpha value is -1.35. The van der Waals surface area contributed by atoms with Crippen molar-refractivity contribution >= 4 is 5.91 Å². The minimum absolute atomic E-state index is 0.299. The largest absolute Gasteiger partial charge is 0.376 e. The van der Waals surface area contributed by atoms with Crippen molar-refractivity contribution in [3.05, 3.63) is 35.9 Å². The van der Waals surface area contributed by atoms with Crippen molar-refractivity contribution in [1.82, 2.24) is 4.90 Å². The Morgan fingerprint density at radius 1 is 1.04 bits per heavy atom. The highest BCUT2D eigenvalue weighted by molar-refractivity contribution is 5.79. The summed E-state index contributed by atoms with van der Waals surface area (Å²) in [7, 11) is 0. The molecule has 126 valence electrons. The summed E-state index contributed by atoms with van der Waals surface area (Å²) in [6.45, 7) is 3.28. The monoisotopic (exact) mass is 315 g/mol. The number of rotatable bonds is 5. The maximum atomic E-state index is 12.7. The number of carbonyl (C=O) groups excluding carboxylic acids is 1. The lowest BCUT2D eigenvalue weighted by molar-refractivity contribution is -0.139. The van der Waals surface area contributed by atoms with Crippen molar-refractivity contribution in [3.8, 4) is 0 Å². The number of amides is 1. The molecule has 2 fully saturated rings. The Labute approximate surface area is 140 Å². The van der Waals surface area contributed by atoms with Gasteiger partial charge in [-0.1, -0.05) is 49.6 Å². The summed E-state index contributed by atoms with van der Waals surface area (Å²) < 4.78 is 5.89. The fraction of sp³-hybridized carbons (Fsp3) is 0.650. The smallest absolute Gasteiger partial charge is 0.225 e. The lowest BCUT2D eigenvalue weighted by atomic mass is 9.87. The van der Waals surface area contributed by atoms with Gasteiger partial charge in [-0.3, -0.25) is 4.79 Å². The van der Waals surface area contributed by atoms with E-state index in [2.05, 4.69) is 17.0 Å². The summed E-state index contributed by atoms with van der Waals surface area (Å²) in [5, 5.41) is 0. The maximum absolute atomic E-state index is 12.7. The number of benzene rings is 1. The summed E-state index contributed by atoms with van der Waals surface area (Å²) in [6.07, 6.45) is 8.28. The van der Waals surface area contributed by atoms with Crippen molar-refractivity contribution in [2.45, 2.75) is 51.6 Å². The third-order valence-corrected chi connectivity index (χ3v) is 5.25. The van der Waals surface area contributed by atoms with Crippen LogP contribution < -0.4 is 0 Å². The third-order valence-electron chi connectivity index (χ3n) is 5.25. The van der Waals surface area contributed by atoms with Gasteiger partial charge in [0.15, 0.2) is 0 Å². The molecule has 1 aliphatic carbocycles. The molecule has 1 aromatic rings. The first-order valence-electron chi connectivity index (χ1n) is 9.23. The highest BCUT2D eigenvalue weighted by Gasteiger charge is 2.29. The van der Waals surface area contributed by atoms with E-state index in [0.29, 0.717) is 24.3 Å². The number of piperidine rings is 1. The quantitative estimate of drug-likeness (QED) is 0.821. The molecular weight excluding hydrogens is 286 g/mol. The van der Waals surface area contributed by atoms with Gasteiger partial charge in [0.1, 0.15) is 0 Å². The Kier molecular flexibility index (Phi) is 6.09. The van der Waals surface area contributed by atoms with Crippen LogP contribution in [0, 0.1) is 11.8 Å². The number of hydrogen-bond donors (Lipinski definition) is 0. The average molecular weight is 315 g/mol. The summed E-state index contributed by atoms with van der Waals surface area (Å²) >= 11 is 0. The summed E-state index contributed by atoms with van der Waals surface area (Å²) in [5.74, 6) is 1.21. The number of nitrogens with zero attached hydrogens (tertiary/aromatic N) is 1. The van der Waals surface area contributed by atoms with Gasteiger partial charge < -0.3 is 9.64 Å². The molecule has 1 saturated heterocycles. The van der Waals surface area contributed by atoms with E-state index < -0.39 is 0 Å². The lowest BCUT2D eigenvalue weighted by Gasteiger charge is -2.35. The number of carbonyl (C=O) groups is 1. The first-order valence-corrected chi connectivity index (χ1v) is 9.23. The normalized spacial score (nSPS) is 23.0. The number of likely N-dealkylation sites (tertiary alicyclic amines) is 1. The zero-order chi connectivity index (χ0) is 15.9. The van der Waals surface area contributed by atoms with E-state index in [-0.39, 0.29) is 0 Å². The minimum atomic E-state index is 0.299. The predicted octanol–water partition coefficient (Wildman–Crippen LogP) is 4.02. The van der Waals surface area contributed by atoms with Crippen LogP contribution in [0.3, 0.4) is 0 Å². The van der Waals surface area contributed by atoms with Crippen molar-refractivity contribution in [3.63, 3.8) is 0 Å². The Morgan fingerprint density at radius 2 is 1.83 bits per heavy atom. The van der Waals surface area contributed by atoms with Crippen LogP contribution in [-0.4, -0.2) is 30.5 Å². The highest BCUT2D eigenvalue weighted by atomic mass is 16.5. The van der Waals surface area contributed by atoms with E-state index in [0.717, 1.165) is 39.0 Å². The van der Waals surface area contributed by atoms with E-state index in [1.165, 1.54) is 31.2 Å². The third kappa shape index (κ3) is 4.81. The molecule has 1 aromatic carbocycles. The molecule has 3 heteroatoms. The van der Waals surface area contributed by atoms with Gasteiger partial charge in [-0.25, -0.2) is 0 Å². The van der Waals surface area contributed by atoms with Gasteiger partial charge in [0, 0.05) is 19.0 Å². The van der Waals surface area contributed by atoms with Crippen molar-refractivity contribution in [1.29, 1.82) is 0 Å². The molecule has 23 heavy (non-hydrogen) atoms. The average Bonchev–Trinajstić information content (AvgIpc) is 2.63. The lowest BCUT2D eigenvalue weighted by Crippen LogP contribution is -2.44. The van der Waals surface area contributed by atoms with Crippen LogP contribution in [0.4, 0.5) is 0 Å².